The summed E-state index contributed by atoms with van der Waals surface area (Å²) in [4.78, 5) is 14.1. The van der Waals surface area contributed by atoms with Crippen LogP contribution in [-0.4, -0.2) is 30.4 Å². The second-order valence-corrected chi connectivity index (χ2v) is 5.62. The fourth-order valence-corrected chi connectivity index (χ4v) is 3.09. The number of halogens is 1. The van der Waals surface area contributed by atoms with Crippen LogP contribution >= 0.6 is 0 Å². The van der Waals surface area contributed by atoms with Crippen LogP contribution in [0.4, 0.5) is 4.39 Å². The molecule has 2 rings (SSSR count). The maximum atomic E-state index is 13.6. The molecule has 2 atom stereocenters. The second-order valence-electron chi connectivity index (χ2n) is 5.62. The first-order valence-corrected chi connectivity index (χ1v) is 7.32. The standard InChI is InChI=1S/C16H23FN2O/c1-19(15-9-5-3-7-13(15)11-18)16(20)10-12-6-2-4-8-14(12)17/h2,4,6,8,13,15H,3,5,7,9-11,18H2,1H3. The van der Waals surface area contributed by atoms with Crippen LogP contribution in [0.1, 0.15) is 31.2 Å². The van der Waals surface area contributed by atoms with E-state index in [2.05, 4.69) is 0 Å². The van der Waals surface area contributed by atoms with Crippen molar-refractivity contribution in [2.75, 3.05) is 13.6 Å². The Hall–Kier alpha value is -1.42. The highest BCUT2D eigenvalue weighted by molar-refractivity contribution is 5.78. The SMILES string of the molecule is CN(C(=O)Cc1ccccc1F)C1CCCCC1CN. The predicted octanol–water partition coefficient (Wildman–Crippen LogP) is 2.34. The molecule has 0 aliphatic heterocycles. The van der Waals surface area contributed by atoms with Gasteiger partial charge in [0.1, 0.15) is 5.82 Å². The molecule has 0 saturated heterocycles. The average Bonchev–Trinajstić information content (AvgIpc) is 2.48. The van der Waals surface area contributed by atoms with E-state index in [-0.39, 0.29) is 24.2 Å². The smallest absolute Gasteiger partial charge is 0.227 e. The van der Waals surface area contributed by atoms with Crippen molar-refractivity contribution in [3.05, 3.63) is 35.6 Å². The van der Waals surface area contributed by atoms with Gasteiger partial charge in [-0.2, -0.15) is 0 Å². The molecule has 4 heteroatoms. The summed E-state index contributed by atoms with van der Waals surface area (Å²) in [5.41, 5.74) is 6.27. The van der Waals surface area contributed by atoms with Crippen LogP contribution in [-0.2, 0) is 11.2 Å². The van der Waals surface area contributed by atoms with Gasteiger partial charge in [0.2, 0.25) is 5.91 Å². The Morgan fingerprint density at radius 2 is 2.05 bits per heavy atom. The van der Waals surface area contributed by atoms with Crippen molar-refractivity contribution in [3.8, 4) is 0 Å². The Morgan fingerprint density at radius 1 is 1.35 bits per heavy atom. The van der Waals surface area contributed by atoms with Crippen molar-refractivity contribution >= 4 is 5.91 Å². The molecule has 1 fully saturated rings. The van der Waals surface area contributed by atoms with Gasteiger partial charge in [0, 0.05) is 13.1 Å². The van der Waals surface area contributed by atoms with Gasteiger partial charge >= 0.3 is 0 Å². The monoisotopic (exact) mass is 278 g/mol. The van der Waals surface area contributed by atoms with Gasteiger partial charge in [-0.1, -0.05) is 31.0 Å². The highest BCUT2D eigenvalue weighted by atomic mass is 19.1. The Balaban J connectivity index is 2.03. The molecule has 1 aromatic carbocycles. The zero-order valence-corrected chi connectivity index (χ0v) is 12.0. The fraction of sp³-hybridized carbons (Fsp3) is 0.562. The lowest BCUT2D eigenvalue weighted by atomic mass is 9.83. The number of benzene rings is 1. The van der Waals surface area contributed by atoms with Crippen molar-refractivity contribution in [2.24, 2.45) is 11.7 Å². The molecular formula is C16H23FN2O. The summed E-state index contributed by atoms with van der Waals surface area (Å²) in [6.07, 6.45) is 4.53. The first-order valence-electron chi connectivity index (χ1n) is 7.32. The summed E-state index contributed by atoms with van der Waals surface area (Å²) in [7, 11) is 1.82. The zero-order chi connectivity index (χ0) is 14.5. The predicted molar refractivity (Wildman–Crippen MR) is 77.7 cm³/mol. The average molecular weight is 278 g/mol. The third-order valence-electron chi connectivity index (χ3n) is 4.36. The molecular weight excluding hydrogens is 255 g/mol. The van der Waals surface area contributed by atoms with E-state index in [9.17, 15) is 9.18 Å². The molecule has 0 bridgehead atoms. The van der Waals surface area contributed by atoms with Gasteiger partial charge in [0.15, 0.2) is 0 Å². The number of hydrogen-bond acceptors (Lipinski definition) is 2. The number of likely N-dealkylation sites (N-methyl/N-ethyl adjacent to an activating group) is 1. The van der Waals surface area contributed by atoms with Crippen molar-refractivity contribution < 1.29 is 9.18 Å². The molecule has 3 nitrogen and oxygen atoms in total. The first kappa shape index (κ1) is 15.0. The van der Waals surface area contributed by atoms with Gasteiger partial charge in [-0.3, -0.25) is 4.79 Å². The van der Waals surface area contributed by atoms with Crippen LogP contribution in [0.5, 0.6) is 0 Å². The van der Waals surface area contributed by atoms with Crippen LogP contribution in [0.2, 0.25) is 0 Å². The minimum Gasteiger partial charge on any atom is -0.342 e. The summed E-state index contributed by atoms with van der Waals surface area (Å²) in [6, 6.07) is 6.66. The molecule has 0 heterocycles. The molecule has 110 valence electrons. The van der Waals surface area contributed by atoms with E-state index in [4.69, 9.17) is 5.73 Å². The maximum Gasteiger partial charge on any atom is 0.227 e. The lowest BCUT2D eigenvalue weighted by Gasteiger charge is -2.37. The fourth-order valence-electron chi connectivity index (χ4n) is 3.09. The highest BCUT2D eigenvalue weighted by Crippen LogP contribution is 2.27. The van der Waals surface area contributed by atoms with E-state index in [0.29, 0.717) is 18.0 Å². The molecule has 0 spiro atoms. The highest BCUT2D eigenvalue weighted by Gasteiger charge is 2.29. The third-order valence-corrected chi connectivity index (χ3v) is 4.36. The summed E-state index contributed by atoms with van der Waals surface area (Å²) < 4.78 is 13.6. The molecule has 2 N–H and O–H groups in total. The van der Waals surface area contributed by atoms with Gasteiger partial charge in [-0.25, -0.2) is 4.39 Å². The number of rotatable bonds is 4. The number of carbonyl (C=O) groups is 1. The van der Waals surface area contributed by atoms with Crippen LogP contribution in [0, 0.1) is 11.7 Å². The van der Waals surface area contributed by atoms with Crippen molar-refractivity contribution in [2.45, 2.75) is 38.1 Å². The molecule has 1 aromatic rings. The summed E-state index contributed by atoms with van der Waals surface area (Å²) in [5, 5.41) is 0. The summed E-state index contributed by atoms with van der Waals surface area (Å²) in [5.74, 6) is 0.0343. The van der Waals surface area contributed by atoms with E-state index in [1.54, 1.807) is 23.1 Å². The molecule has 0 radical (unpaired) electrons. The van der Waals surface area contributed by atoms with Crippen molar-refractivity contribution in [1.29, 1.82) is 0 Å². The van der Waals surface area contributed by atoms with E-state index >= 15 is 0 Å². The second kappa shape index (κ2) is 6.84. The van der Waals surface area contributed by atoms with E-state index in [1.165, 1.54) is 12.5 Å². The van der Waals surface area contributed by atoms with E-state index in [0.717, 1.165) is 19.3 Å². The molecule has 1 aliphatic rings. The van der Waals surface area contributed by atoms with Crippen LogP contribution in [0.15, 0.2) is 24.3 Å². The van der Waals surface area contributed by atoms with Gasteiger partial charge in [-0.15, -0.1) is 0 Å². The van der Waals surface area contributed by atoms with Crippen LogP contribution in [0.25, 0.3) is 0 Å². The Morgan fingerprint density at radius 3 is 2.75 bits per heavy atom. The lowest BCUT2D eigenvalue weighted by molar-refractivity contribution is -0.132. The van der Waals surface area contributed by atoms with Gasteiger partial charge in [0.05, 0.1) is 6.42 Å². The minimum absolute atomic E-state index is 0.0274. The topological polar surface area (TPSA) is 46.3 Å². The molecule has 20 heavy (non-hydrogen) atoms. The molecule has 1 aliphatic carbocycles. The first-order chi connectivity index (χ1) is 9.63. The van der Waals surface area contributed by atoms with E-state index < -0.39 is 0 Å². The number of hydrogen-bond donors (Lipinski definition) is 1. The summed E-state index contributed by atoms with van der Waals surface area (Å²) in [6.45, 7) is 0.613. The molecule has 2 unspecified atom stereocenters. The van der Waals surface area contributed by atoms with Crippen LogP contribution in [0.3, 0.4) is 0 Å². The molecule has 0 aromatic heterocycles. The van der Waals surface area contributed by atoms with Crippen molar-refractivity contribution in [3.63, 3.8) is 0 Å². The van der Waals surface area contributed by atoms with Crippen molar-refractivity contribution in [1.82, 2.24) is 4.90 Å². The van der Waals surface area contributed by atoms with Gasteiger partial charge < -0.3 is 10.6 Å². The normalized spacial score (nSPS) is 22.6. The minimum atomic E-state index is -0.312. The Bertz CT molecular complexity index is 464. The zero-order valence-electron chi connectivity index (χ0n) is 12.0. The van der Waals surface area contributed by atoms with Crippen LogP contribution < -0.4 is 5.73 Å². The largest absolute Gasteiger partial charge is 0.342 e. The lowest BCUT2D eigenvalue weighted by Crippen LogP contribution is -2.46. The quantitative estimate of drug-likeness (QED) is 0.919. The maximum absolute atomic E-state index is 13.6. The third kappa shape index (κ3) is 3.37. The van der Waals surface area contributed by atoms with Gasteiger partial charge in [-0.05, 0) is 36.9 Å². The molecule has 1 amide bonds. The number of nitrogens with two attached hydrogens (primary N) is 1. The number of nitrogens with zero attached hydrogens (tertiary/aromatic N) is 1. The number of amides is 1. The Labute approximate surface area is 120 Å². The molecule has 1 saturated carbocycles. The van der Waals surface area contributed by atoms with E-state index in [1.807, 2.05) is 7.05 Å². The number of carbonyl (C=O) groups excluding carboxylic acids is 1. The summed E-state index contributed by atoms with van der Waals surface area (Å²) >= 11 is 0. The van der Waals surface area contributed by atoms with Gasteiger partial charge in [0.25, 0.3) is 0 Å². The Kier molecular flexibility index (Phi) is 5.12.